The lowest BCUT2D eigenvalue weighted by atomic mass is 10.1. The zero-order chi connectivity index (χ0) is 13.0. The van der Waals surface area contributed by atoms with E-state index in [4.69, 9.17) is 5.11 Å². The molecule has 0 heterocycles. The van der Waals surface area contributed by atoms with E-state index in [1.807, 2.05) is 0 Å². The van der Waals surface area contributed by atoms with Gasteiger partial charge in [-0.3, -0.25) is 0 Å². The highest BCUT2D eigenvalue weighted by atomic mass is 16.4. The van der Waals surface area contributed by atoms with Crippen molar-refractivity contribution >= 4 is 12.0 Å². The summed E-state index contributed by atoms with van der Waals surface area (Å²) in [5, 5.41) is 8.75. The predicted octanol–water partition coefficient (Wildman–Crippen LogP) is 1.50. The van der Waals surface area contributed by atoms with Gasteiger partial charge in [-0.25, -0.2) is 9.59 Å². The lowest BCUT2D eigenvalue weighted by Gasteiger charge is -2.21. The molecule has 92 valence electrons. The third kappa shape index (κ3) is 3.48. The predicted molar refractivity (Wildman–Crippen MR) is 64.0 cm³/mol. The largest absolute Gasteiger partial charge is 0.478 e. The van der Waals surface area contributed by atoms with Gasteiger partial charge in [-0.05, 0) is 17.7 Å². The molecule has 0 aliphatic rings. The van der Waals surface area contributed by atoms with E-state index >= 15 is 0 Å². The summed E-state index contributed by atoms with van der Waals surface area (Å²) in [5.41, 5.74) is 1.14. The first kappa shape index (κ1) is 13.0. The van der Waals surface area contributed by atoms with Gasteiger partial charge in [0, 0.05) is 27.7 Å². The molecule has 0 saturated heterocycles. The Morgan fingerprint density at radius 2 is 1.65 bits per heavy atom. The molecule has 0 radical (unpaired) electrons. The Hall–Kier alpha value is -2.04. The number of benzene rings is 1. The molecule has 2 amide bonds. The number of hydrogen-bond acceptors (Lipinski definition) is 2. The molecule has 0 bridgehead atoms. The van der Waals surface area contributed by atoms with E-state index in [1.165, 1.54) is 17.0 Å². The summed E-state index contributed by atoms with van der Waals surface area (Å²) in [6, 6.07) is 6.40. The second-order valence-corrected chi connectivity index (χ2v) is 4.04. The highest BCUT2D eigenvalue weighted by molar-refractivity contribution is 5.87. The molecule has 0 fully saturated rings. The number of carboxylic acids is 1. The molecule has 0 aliphatic carbocycles. The molecule has 5 heteroatoms. The van der Waals surface area contributed by atoms with Gasteiger partial charge in [0.2, 0.25) is 0 Å². The fraction of sp³-hybridized carbons (Fsp3) is 0.333. The summed E-state index contributed by atoms with van der Waals surface area (Å²) in [6.07, 6.45) is 0. The van der Waals surface area contributed by atoms with Crippen LogP contribution in [0.25, 0.3) is 0 Å². The van der Waals surface area contributed by atoms with Crippen molar-refractivity contribution in [3.8, 4) is 0 Å². The maximum Gasteiger partial charge on any atom is 0.335 e. The number of amides is 2. The average Bonchev–Trinajstić information content (AvgIpc) is 2.28. The second kappa shape index (κ2) is 5.34. The normalized spacial score (nSPS) is 9.82. The molecule has 0 atom stereocenters. The van der Waals surface area contributed by atoms with Crippen molar-refractivity contribution < 1.29 is 14.7 Å². The Balaban J connectivity index is 2.69. The third-order valence-electron chi connectivity index (χ3n) is 2.33. The summed E-state index contributed by atoms with van der Waals surface area (Å²) in [6.45, 7) is 0.455. The lowest BCUT2D eigenvalue weighted by Crippen LogP contribution is -2.35. The maximum absolute atomic E-state index is 11.6. The van der Waals surface area contributed by atoms with Crippen LogP contribution in [0.5, 0.6) is 0 Å². The van der Waals surface area contributed by atoms with E-state index in [0.717, 1.165) is 5.56 Å². The average molecular weight is 236 g/mol. The number of carbonyl (C=O) groups excluding carboxylic acids is 1. The van der Waals surface area contributed by atoms with Crippen LogP contribution in [-0.4, -0.2) is 48.0 Å². The molecule has 0 aliphatic heterocycles. The van der Waals surface area contributed by atoms with Gasteiger partial charge >= 0.3 is 12.0 Å². The van der Waals surface area contributed by atoms with E-state index in [-0.39, 0.29) is 11.6 Å². The summed E-state index contributed by atoms with van der Waals surface area (Å²) >= 11 is 0. The molecule has 0 spiro atoms. The minimum absolute atomic E-state index is 0.0905. The first-order valence-corrected chi connectivity index (χ1v) is 5.16. The number of rotatable bonds is 3. The molecule has 0 unspecified atom stereocenters. The molecule has 17 heavy (non-hydrogen) atoms. The van der Waals surface area contributed by atoms with E-state index in [2.05, 4.69) is 0 Å². The molecule has 0 saturated carbocycles. The smallest absolute Gasteiger partial charge is 0.335 e. The first-order chi connectivity index (χ1) is 7.91. The molecule has 0 aromatic heterocycles. The van der Waals surface area contributed by atoms with Crippen LogP contribution in [0.2, 0.25) is 0 Å². The van der Waals surface area contributed by atoms with Crippen molar-refractivity contribution in [2.45, 2.75) is 6.54 Å². The monoisotopic (exact) mass is 236 g/mol. The van der Waals surface area contributed by atoms with Crippen LogP contribution in [0, 0.1) is 0 Å². The maximum atomic E-state index is 11.6. The van der Waals surface area contributed by atoms with Crippen LogP contribution in [0.15, 0.2) is 24.3 Å². The van der Waals surface area contributed by atoms with Crippen LogP contribution in [0.1, 0.15) is 15.9 Å². The standard InChI is InChI=1S/C12H16N2O3/c1-13(2)12(17)14(3)8-9-4-6-10(7-5-9)11(15)16/h4-7H,8H2,1-3H3,(H,15,16). The highest BCUT2D eigenvalue weighted by Gasteiger charge is 2.11. The van der Waals surface area contributed by atoms with Gasteiger partial charge in [-0.2, -0.15) is 0 Å². The molecular formula is C12H16N2O3. The third-order valence-corrected chi connectivity index (χ3v) is 2.33. The number of carbonyl (C=O) groups is 2. The van der Waals surface area contributed by atoms with Crippen LogP contribution < -0.4 is 0 Å². The number of carboxylic acid groups (broad SMARTS) is 1. The molecule has 1 rings (SSSR count). The van der Waals surface area contributed by atoms with Gasteiger partial charge in [0.15, 0.2) is 0 Å². The van der Waals surface area contributed by atoms with Crippen molar-refractivity contribution in [2.75, 3.05) is 21.1 Å². The van der Waals surface area contributed by atoms with Gasteiger partial charge in [0.25, 0.3) is 0 Å². The first-order valence-electron chi connectivity index (χ1n) is 5.16. The van der Waals surface area contributed by atoms with Crippen molar-refractivity contribution in [3.63, 3.8) is 0 Å². The Bertz CT molecular complexity index is 412. The summed E-state index contributed by atoms with van der Waals surface area (Å²) in [5.74, 6) is -0.950. The lowest BCUT2D eigenvalue weighted by molar-refractivity contribution is 0.0697. The highest BCUT2D eigenvalue weighted by Crippen LogP contribution is 2.07. The summed E-state index contributed by atoms with van der Waals surface area (Å²) < 4.78 is 0. The number of nitrogens with zero attached hydrogens (tertiary/aromatic N) is 2. The van der Waals surface area contributed by atoms with Crippen molar-refractivity contribution in [1.29, 1.82) is 0 Å². The zero-order valence-electron chi connectivity index (χ0n) is 10.2. The summed E-state index contributed by atoms with van der Waals surface area (Å²) in [4.78, 5) is 25.3. The van der Waals surface area contributed by atoms with E-state index in [9.17, 15) is 9.59 Å². The quantitative estimate of drug-likeness (QED) is 0.865. The fourth-order valence-electron chi connectivity index (χ4n) is 1.44. The van der Waals surface area contributed by atoms with Gasteiger partial charge in [-0.1, -0.05) is 12.1 Å². The second-order valence-electron chi connectivity index (χ2n) is 4.04. The fourth-order valence-corrected chi connectivity index (χ4v) is 1.44. The van der Waals surface area contributed by atoms with Crippen molar-refractivity contribution in [1.82, 2.24) is 9.80 Å². The Labute approximate surface area is 100 Å². The SMILES string of the molecule is CN(C)C(=O)N(C)Cc1ccc(C(=O)O)cc1. The molecular weight excluding hydrogens is 220 g/mol. The molecule has 1 aromatic rings. The van der Waals surface area contributed by atoms with Gasteiger partial charge < -0.3 is 14.9 Å². The topological polar surface area (TPSA) is 60.9 Å². The summed E-state index contributed by atoms with van der Waals surface area (Å²) in [7, 11) is 5.08. The van der Waals surface area contributed by atoms with E-state index in [1.54, 1.807) is 38.2 Å². The molecule has 1 aromatic carbocycles. The van der Waals surface area contributed by atoms with Crippen LogP contribution in [0.3, 0.4) is 0 Å². The number of urea groups is 1. The Kier molecular flexibility index (Phi) is 4.09. The van der Waals surface area contributed by atoms with E-state index in [0.29, 0.717) is 6.54 Å². The van der Waals surface area contributed by atoms with Crippen LogP contribution in [0.4, 0.5) is 4.79 Å². The Morgan fingerprint density at radius 1 is 1.12 bits per heavy atom. The van der Waals surface area contributed by atoms with Gasteiger partial charge in [0.05, 0.1) is 5.56 Å². The van der Waals surface area contributed by atoms with Crippen LogP contribution >= 0.6 is 0 Å². The minimum atomic E-state index is -0.950. The minimum Gasteiger partial charge on any atom is -0.478 e. The Morgan fingerprint density at radius 3 is 2.06 bits per heavy atom. The molecule has 1 N–H and O–H groups in total. The van der Waals surface area contributed by atoms with Gasteiger partial charge in [-0.15, -0.1) is 0 Å². The number of hydrogen-bond donors (Lipinski definition) is 1. The van der Waals surface area contributed by atoms with Gasteiger partial charge in [0.1, 0.15) is 0 Å². The van der Waals surface area contributed by atoms with Crippen molar-refractivity contribution in [3.05, 3.63) is 35.4 Å². The number of aromatic carboxylic acids is 1. The van der Waals surface area contributed by atoms with Crippen LogP contribution in [-0.2, 0) is 6.54 Å². The van der Waals surface area contributed by atoms with E-state index < -0.39 is 5.97 Å². The molecule has 5 nitrogen and oxygen atoms in total. The zero-order valence-corrected chi connectivity index (χ0v) is 10.2. The van der Waals surface area contributed by atoms with Crippen molar-refractivity contribution in [2.24, 2.45) is 0 Å².